The van der Waals surface area contributed by atoms with Crippen LogP contribution in [0.2, 0.25) is 0 Å². The van der Waals surface area contributed by atoms with Crippen LogP contribution in [0.4, 0.5) is 5.69 Å². The lowest BCUT2D eigenvalue weighted by atomic mass is 10.1. The molecular weight excluding hydrogens is 246 g/mol. The Balaban J connectivity index is 2.13. The van der Waals surface area contributed by atoms with Crippen molar-refractivity contribution in [1.29, 1.82) is 0 Å². The zero-order chi connectivity index (χ0) is 13.8. The number of nitrogens with one attached hydrogen (secondary N) is 2. The van der Waals surface area contributed by atoms with Crippen LogP contribution in [-0.2, 0) is 9.59 Å². The van der Waals surface area contributed by atoms with Gasteiger partial charge in [-0.25, -0.2) is 0 Å². The summed E-state index contributed by atoms with van der Waals surface area (Å²) in [5, 5.41) is 15.2. The Kier molecular flexibility index (Phi) is 4.13. The number of nitrogens with zero attached hydrogens (tertiary/aromatic N) is 1. The lowest BCUT2D eigenvalue weighted by Crippen LogP contribution is -2.51. The van der Waals surface area contributed by atoms with Crippen LogP contribution in [0.15, 0.2) is 24.3 Å². The molecule has 6 nitrogen and oxygen atoms in total. The number of piperazine rings is 1. The second-order valence-electron chi connectivity index (χ2n) is 4.42. The largest absolute Gasteiger partial charge is 0.387 e. The predicted molar refractivity (Wildman–Crippen MR) is 70.7 cm³/mol. The standard InChI is InChI=1S/C13H17N3O3/c1-14-6-11(17)9-2-4-10(5-3-9)16-8-12(18)15-7-13(16)19/h2-5,11,14,17H,6-8H2,1H3,(H,15,18). The highest BCUT2D eigenvalue weighted by atomic mass is 16.3. The van der Waals surface area contributed by atoms with Crippen LogP contribution in [0, 0.1) is 0 Å². The average Bonchev–Trinajstić information content (AvgIpc) is 2.42. The Morgan fingerprint density at radius 1 is 1.37 bits per heavy atom. The first kappa shape index (κ1) is 13.5. The highest BCUT2D eigenvalue weighted by Crippen LogP contribution is 2.20. The molecule has 0 saturated carbocycles. The van der Waals surface area contributed by atoms with Gasteiger partial charge < -0.3 is 20.6 Å². The van der Waals surface area contributed by atoms with Crippen molar-refractivity contribution in [2.45, 2.75) is 6.10 Å². The number of hydrogen-bond acceptors (Lipinski definition) is 4. The molecule has 0 spiro atoms. The highest BCUT2D eigenvalue weighted by molar-refractivity contribution is 6.04. The van der Waals surface area contributed by atoms with Crippen LogP contribution < -0.4 is 15.5 Å². The molecule has 2 amide bonds. The third-order valence-electron chi connectivity index (χ3n) is 3.03. The number of anilines is 1. The maximum Gasteiger partial charge on any atom is 0.246 e. The third-order valence-corrected chi connectivity index (χ3v) is 3.03. The molecule has 0 radical (unpaired) electrons. The molecular formula is C13H17N3O3. The minimum Gasteiger partial charge on any atom is -0.387 e. The lowest BCUT2D eigenvalue weighted by Gasteiger charge is -2.26. The normalized spacial score (nSPS) is 17.3. The van der Waals surface area contributed by atoms with E-state index in [0.717, 1.165) is 5.56 Å². The Hall–Kier alpha value is -1.92. The first-order valence-corrected chi connectivity index (χ1v) is 6.11. The molecule has 1 unspecified atom stereocenters. The van der Waals surface area contributed by atoms with Gasteiger partial charge in [-0.3, -0.25) is 9.59 Å². The molecule has 1 aliphatic heterocycles. The number of benzene rings is 1. The Morgan fingerprint density at radius 3 is 2.68 bits per heavy atom. The molecule has 1 aromatic carbocycles. The fourth-order valence-electron chi connectivity index (χ4n) is 1.98. The summed E-state index contributed by atoms with van der Waals surface area (Å²) in [5.41, 5.74) is 1.44. The number of aliphatic hydroxyl groups is 1. The van der Waals surface area contributed by atoms with Gasteiger partial charge in [0.05, 0.1) is 12.6 Å². The molecule has 6 heteroatoms. The van der Waals surface area contributed by atoms with Gasteiger partial charge >= 0.3 is 0 Å². The summed E-state index contributed by atoms with van der Waals surface area (Å²) in [6.45, 7) is 0.532. The molecule has 0 aromatic heterocycles. The average molecular weight is 263 g/mol. The topological polar surface area (TPSA) is 81.7 Å². The molecule has 0 aliphatic carbocycles. The van der Waals surface area contributed by atoms with Gasteiger partial charge in [0, 0.05) is 12.2 Å². The van der Waals surface area contributed by atoms with Gasteiger partial charge in [-0.1, -0.05) is 12.1 Å². The van der Waals surface area contributed by atoms with Crippen molar-refractivity contribution in [3.63, 3.8) is 0 Å². The van der Waals surface area contributed by atoms with Crippen LogP contribution in [0.1, 0.15) is 11.7 Å². The van der Waals surface area contributed by atoms with Gasteiger partial charge in [-0.2, -0.15) is 0 Å². The fraction of sp³-hybridized carbons (Fsp3) is 0.385. The molecule has 2 rings (SSSR count). The monoisotopic (exact) mass is 263 g/mol. The van der Waals surface area contributed by atoms with Gasteiger partial charge in [-0.05, 0) is 24.7 Å². The van der Waals surface area contributed by atoms with E-state index in [1.807, 2.05) is 0 Å². The summed E-state index contributed by atoms with van der Waals surface area (Å²) in [4.78, 5) is 24.5. The van der Waals surface area contributed by atoms with Crippen LogP contribution in [-0.4, -0.2) is 43.6 Å². The van der Waals surface area contributed by atoms with Gasteiger partial charge in [0.15, 0.2) is 0 Å². The quantitative estimate of drug-likeness (QED) is 0.677. The first-order chi connectivity index (χ1) is 9.11. The molecule has 1 fully saturated rings. The molecule has 1 atom stereocenters. The van der Waals surface area contributed by atoms with E-state index in [1.54, 1.807) is 31.3 Å². The van der Waals surface area contributed by atoms with E-state index >= 15 is 0 Å². The highest BCUT2D eigenvalue weighted by Gasteiger charge is 2.24. The Labute approximate surface area is 111 Å². The number of aliphatic hydroxyl groups excluding tert-OH is 1. The predicted octanol–water partition coefficient (Wildman–Crippen LogP) is -0.598. The second-order valence-corrected chi connectivity index (χ2v) is 4.42. The van der Waals surface area contributed by atoms with Gasteiger partial charge in [0.25, 0.3) is 0 Å². The van der Waals surface area contributed by atoms with E-state index in [9.17, 15) is 14.7 Å². The van der Waals surface area contributed by atoms with Crippen molar-refractivity contribution in [3.05, 3.63) is 29.8 Å². The molecule has 0 bridgehead atoms. The molecule has 19 heavy (non-hydrogen) atoms. The number of rotatable bonds is 4. The zero-order valence-corrected chi connectivity index (χ0v) is 10.7. The Bertz CT molecular complexity index is 473. The van der Waals surface area contributed by atoms with Gasteiger partial charge in [-0.15, -0.1) is 0 Å². The summed E-state index contributed by atoms with van der Waals surface area (Å²) in [5.74, 6) is -0.304. The van der Waals surface area contributed by atoms with Crippen molar-refractivity contribution in [3.8, 4) is 0 Å². The summed E-state index contributed by atoms with van der Waals surface area (Å²) in [6.07, 6.45) is -0.584. The minimum absolute atomic E-state index is 0.0307. The molecule has 1 aromatic rings. The smallest absolute Gasteiger partial charge is 0.246 e. The fourth-order valence-corrected chi connectivity index (χ4v) is 1.98. The van der Waals surface area contributed by atoms with Crippen molar-refractivity contribution in [2.75, 3.05) is 31.6 Å². The van der Waals surface area contributed by atoms with E-state index in [1.165, 1.54) is 4.90 Å². The second kappa shape index (κ2) is 5.81. The number of carbonyl (C=O) groups excluding carboxylic acids is 2. The van der Waals surface area contributed by atoms with Crippen molar-refractivity contribution < 1.29 is 14.7 Å². The van der Waals surface area contributed by atoms with Gasteiger partial charge in [0.1, 0.15) is 6.54 Å². The summed E-state index contributed by atoms with van der Waals surface area (Å²) >= 11 is 0. The van der Waals surface area contributed by atoms with Crippen LogP contribution >= 0.6 is 0 Å². The number of hydrogen-bond donors (Lipinski definition) is 3. The van der Waals surface area contributed by atoms with E-state index < -0.39 is 6.10 Å². The summed E-state index contributed by atoms with van der Waals surface area (Å²) < 4.78 is 0. The zero-order valence-electron chi connectivity index (χ0n) is 10.7. The maximum atomic E-state index is 11.7. The SMILES string of the molecule is CNCC(O)c1ccc(N2CC(=O)NCC2=O)cc1. The maximum absolute atomic E-state index is 11.7. The van der Waals surface area contributed by atoms with E-state index in [-0.39, 0.29) is 24.9 Å². The lowest BCUT2D eigenvalue weighted by molar-refractivity contribution is -0.128. The summed E-state index contributed by atoms with van der Waals surface area (Å²) in [6, 6.07) is 7.00. The molecule has 1 heterocycles. The summed E-state index contributed by atoms with van der Waals surface area (Å²) in [7, 11) is 1.77. The van der Waals surface area contributed by atoms with Crippen LogP contribution in [0.5, 0.6) is 0 Å². The third kappa shape index (κ3) is 3.10. The number of amides is 2. The van der Waals surface area contributed by atoms with Gasteiger partial charge in [0.2, 0.25) is 11.8 Å². The number of likely N-dealkylation sites (N-methyl/N-ethyl adjacent to an activating group) is 1. The van der Waals surface area contributed by atoms with E-state index in [2.05, 4.69) is 10.6 Å². The van der Waals surface area contributed by atoms with Crippen LogP contribution in [0.25, 0.3) is 0 Å². The van der Waals surface area contributed by atoms with E-state index in [0.29, 0.717) is 12.2 Å². The number of carbonyl (C=O) groups is 2. The first-order valence-electron chi connectivity index (χ1n) is 6.11. The molecule has 1 aliphatic rings. The van der Waals surface area contributed by atoms with Crippen molar-refractivity contribution in [1.82, 2.24) is 10.6 Å². The minimum atomic E-state index is -0.584. The van der Waals surface area contributed by atoms with Crippen LogP contribution in [0.3, 0.4) is 0 Å². The molecule has 102 valence electrons. The Morgan fingerprint density at radius 2 is 2.05 bits per heavy atom. The molecule has 3 N–H and O–H groups in total. The van der Waals surface area contributed by atoms with E-state index in [4.69, 9.17) is 0 Å². The van der Waals surface area contributed by atoms with Crippen molar-refractivity contribution >= 4 is 17.5 Å². The molecule has 1 saturated heterocycles. The van der Waals surface area contributed by atoms with Crippen molar-refractivity contribution in [2.24, 2.45) is 0 Å².